The highest BCUT2D eigenvalue weighted by molar-refractivity contribution is 5.95. The van der Waals surface area contributed by atoms with Gasteiger partial charge in [0.1, 0.15) is 0 Å². The fourth-order valence-corrected chi connectivity index (χ4v) is 3.00. The number of carbonyl (C=O) groups is 2. The summed E-state index contributed by atoms with van der Waals surface area (Å²) in [5.41, 5.74) is 5.81. The Morgan fingerprint density at radius 2 is 1.90 bits per heavy atom. The number of hydrogen-bond donors (Lipinski definition) is 3. The van der Waals surface area contributed by atoms with E-state index in [1.165, 1.54) is 12.8 Å². The third-order valence-electron chi connectivity index (χ3n) is 4.30. The maximum Gasteiger partial charge on any atom is 0.321 e. The molecule has 3 amide bonds. The smallest absolute Gasteiger partial charge is 0.321 e. The van der Waals surface area contributed by atoms with Gasteiger partial charge in [0.05, 0.1) is 6.54 Å². The highest BCUT2D eigenvalue weighted by Crippen LogP contribution is 2.26. The molecule has 0 aliphatic heterocycles. The van der Waals surface area contributed by atoms with Crippen LogP contribution in [-0.4, -0.2) is 49.1 Å². The Morgan fingerprint density at radius 3 is 2.55 bits per heavy atom. The van der Waals surface area contributed by atoms with Crippen molar-refractivity contribution < 1.29 is 9.59 Å². The van der Waals surface area contributed by atoms with Gasteiger partial charge in [0.15, 0.2) is 0 Å². The minimum absolute atomic E-state index is 0.244. The Balaban J connectivity index is 1.75. The van der Waals surface area contributed by atoms with Gasteiger partial charge >= 0.3 is 6.03 Å². The molecule has 4 N–H and O–H groups in total. The molecular weight excluding hydrogens is 256 g/mol. The zero-order chi connectivity index (χ0) is 14.5. The fraction of sp³-hybridized carbons (Fsp3) is 0.857. The molecule has 0 aromatic carbocycles. The molecule has 2 saturated carbocycles. The van der Waals surface area contributed by atoms with Crippen LogP contribution in [0.5, 0.6) is 0 Å². The zero-order valence-electron chi connectivity index (χ0n) is 12.2. The predicted molar refractivity (Wildman–Crippen MR) is 77.1 cm³/mol. The van der Waals surface area contributed by atoms with Crippen molar-refractivity contribution in [2.24, 2.45) is 11.7 Å². The summed E-state index contributed by atoms with van der Waals surface area (Å²) in [7, 11) is 1.94. The number of nitrogens with two attached hydrogens (primary N) is 1. The van der Waals surface area contributed by atoms with Crippen LogP contribution in [-0.2, 0) is 4.79 Å². The molecule has 20 heavy (non-hydrogen) atoms. The van der Waals surface area contributed by atoms with Crippen molar-refractivity contribution >= 4 is 11.9 Å². The van der Waals surface area contributed by atoms with Gasteiger partial charge in [0.2, 0.25) is 5.91 Å². The van der Waals surface area contributed by atoms with Crippen molar-refractivity contribution in [2.75, 3.05) is 20.1 Å². The number of rotatable bonds is 5. The van der Waals surface area contributed by atoms with Crippen LogP contribution in [0.25, 0.3) is 0 Å². The van der Waals surface area contributed by atoms with Gasteiger partial charge in [-0.1, -0.05) is 12.8 Å². The van der Waals surface area contributed by atoms with E-state index in [2.05, 4.69) is 10.6 Å². The lowest BCUT2D eigenvalue weighted by molar-refractivity contribution is -0.121. The lowest BCUT2D eigenvalue weighted by Crippen LogP contribution is -2.49. The van der Waals surface area contributed by atoms with Crippen LogP contribution in [0.3, 0.4) is 0 Å². The van der Waals surface area contributed by atoms with Gasteiger partial charge in [-0.05, 0) is 45.2 Å². The number of amides is 3. The summed E-state index contributed by atoms with van der Waals surface area (Å²) in [6.45, 7) is 0.915. The van der Waals surface area contributed by atoms with Crippen molar-refractivity contribution in [1.82, 2.24) is 15.5 Å². The van der Waals surface area contributed by atoms with E-state index in [1.54, 1.807) is 0 Å². The molecule has 0 heterocycles. The van der Waals surface area contributed by atoms with Crippen molar-refractivity contribution in [1.29, 1.82) is 0 Å². The molecule has 0 bridgehead atoms. The average Bonchev–Trinajstić information content (AvgIpc) is 3.22. The molecule has 2 fully saturated rings. The van der Waals surface area contributed by atoms with E-state index >= 15 is 0 Å². The van der Waals surface area contributed by atoms with Crippen molar-refractivity contribution in [3.8, 4) is 0 Å². The second-order valence-electron chi connectivity index (χ2n) is 6.06. The van der Waals surface area contributed by atoms with Crippen LogP contribution in [0.1, 0.15) is 38.5 Å². The minimum atomic E-state index is -0.370. The average molecular weight is 282 g/mol. The van der Waals surface area contributed by atoms with Gasteiger partial charge in [0, 0.05) is 12.1 Å². The largest absolute Gasteiger partial charge is 0.335 e. The molecule has 2 unspecified atom stereocenters. The lowest BCUT2D eigenvalue weighted by atomic mass is 9.84. The first-order chi connectivity index (χ1) is 9.60. The number of nitrogens with one attached hydrogen (secondary N) is 2. The second kappa shape index (κ2) is 7.04. The molecule has 0 aromatic heterocycles. The van der Waals surface area contributed by atoms with E-state index < -0.39 is 0 Å². The molecule has 0 saturated heterocycles. The summed E-state index contributed by atoms with van der Waals surface area (Å²) in [5, 5.41) is 5.14. The number of nitrogens with zero attached hydrogens (tertiary/aromatic N) is 1. The van der Waals surface area contributed by atoms with Gasteiger partial charge < -0.3 is 11.1 Å². The monoisotopic (exact) mass is 282 g/mol. The van der Waals surface area contributed by atoms with Crippen LogP contribution < -0.4 is 16.4 Å². The Labute approximate surface area is 120 Å². The molecule has 2 aliphatic carbocycles. The topological polar surface area (TPSA) is 87.5 Å². The third kappa shape index (κ3) is 4.45. The summed E-state index contributed by atoms with van der Waals surface area (Å²) in [4.78, 5) is 25.4. The SMILES string of the molecule is CN(CC(=O)NC(=O)NC1CC1)C1CCCCC1CN. The molecule has 0 spiro atoms. The fourth-order valence-electron chi connectivity index (χ4n) is 3.00. The molecule has 6 nitrogen and oxygen atoms in total. The summed E-state index contributed by atoms with van der Waals surface area (Å²) in [6.07, 6.45) is 6.66. The van der Waals surface area contributed by atoms with E-state index in [0.29, 0.717) is 18.5 Å². The number of carbonyl (C=O) groups excluding carboxylic acids is 2. The molecule has 2 aliphatic rings. The van der Waals surface area contributed by atoms with Crippen LogP contribution >= 0.6 is 0 Å². The molecule has 114 valence electrons. The maximum atomic E-state index is 11.9. The molecule has 6 heteroatoms. The van der Waals surface area contributed by atoms with E-state index in [-0.39, 0.29) is 24.5 Å². The Bertz CT molecular complexity index is 357. The lowest BCUT2D eigenvalue weighted by Gasteiger charge is -2.37. The van der Waals surface area contributed by atoms with E-state index in [1.807, 2.05) is 11.9 Å². The summed E-state index contributed by atoms with van der Waals surface area (Å²) >= 11 is 0. The first-order valence-electron chi connectivity index (χ1n) is 7.60. The quantitative estimate of drug-likeness (QED) is 0.682. The summed E-state index contributed by atoms with van der Waals surface area (Å²) in [6, 6.07) is 0.247. The van der Waals surface area contributed by atoms with Gasteiger partial charge in [0.25, 0.3) is 0 Å². The normalized spacial score (nSPS) is 26.4. The van der Waals surface area contributed by atoms with Gasteiger partial charge in [-0.2, -0.15) is 0 Å². The third-order valence-corrected chi connectivity index (χ3v) is 4.30. The number of hydrogen-bond acceptors (Lipinski definition) is 4. The van der Waals surface area contributed by atoms with Crippen molar-refractivity contribution in [3.63, 3.8) is 0 Å². The summed E-state index contributed by atoms with van der Waals surface area (Å²) < 4.78 is 0. The number of likely N-dealkylation sites (N-methyl/N-ethyl adjacent to an activating group) is 1. The maximum absolute atomic E-state index is 11.9. The standard InChI is InChI=1S/C14H26N4O2/c1-18(12-5-3-2-4-10(12)8-15)9-13(19)17-14(20)16-11-6-7-11/h10-12H,2-9,15H2,1H3,(H2,16,17,19,20). The van der Waals surface area contributed by atoms with E-state index in [9.17, 15) is 9.59 Å². The first kappa shape index (κ1) is 15.3. The zero-order valence-corrected chi connectivity index (χ0v) is 12.2. The van der Waals surface area contributed by atoms with Crippen LogP contribution in [0, 0.1) is 5.92 Å². The number of imide groups is 1. The molecule has 0 aromatic rings. The van der Waals surface area contributed by atoms with Crippen LogP contribution in [0.2, 0.25) is 0 Å². The molecule has 2 atom stereocenters. The molecular formula is C14H26N4O2. The molecule has 0 radical (unpaired) electrons. The number of urea groups is 1. The second-order valence-corrected chi connectivity index (χ2v) is 6.06. The van der Waals surface area contributed by atoms with Crippen LogP contribution in [0.4, 0.5) is 4.79 Å². The Kier molecular flexibility index (Phi) is 5.37. The van der Waals surface area contributed by atoms with Gasteiger partial charge in [-0.15, -0.1) is 0 Å². The highest BCUT2D eigenvalue weighted by atomic mass is 16.2. The summed E-state index contributed by atoms with van der Waals surface area (Å²) in [5.74, 6) is 0.217. The van der Waals surface area contributed by atoms with Crippen LogP contribution in [0.15, 0.2) is 0 Å². The van der Waals surface area contributed by atoms with Gasteiger partial charge in [-0.25, -0.2) is 4.79 Å². The van der Waals surface area contributed by atoms with E-state index in [0.717, 1.165) is 25.7 Å². The predicted octanol–water partition coefficient (Wildman–Crippen LogP) is 0.424. The molecule has 2 rings (SSSR count). The first-order valence-corrected chi connectivity index (χ1v) is 7.60. The van der Waals surface area contributed by atoms with Gasteiger partial charge in [-0.3, -0.25) is 15.0 Å². The Hall–Kier alpha value is -1.14. The van der Waals surface area contributed by atoms with E-state index in [4.69, 9.17) is 5.73 Å². The highest BCUT2D eigenvalue weighted by Gasteiger charge is 2.29. The minimum Gasteiger partial charge on any atom is -0.335 e. The van der Waals surface area contributed by atoms with Crippen molar-refractivity contribution in [3.05, 3.63) is 0 Å². The van der Waals surface area contributed by atoms with Crippen molar-refractivity contribution in [2.45, 2.75) is 50.6 Å². The Morgan fingerprint density at radius 1 is 1.20 bits per heavy atom.